The van der Waals surface area contributed by atoms with E-state index >= 15 is 0 Å². The van der Waals surface area contributed by atoms with Gasteiger partial charge in [0, 0.05) is 29.1 Å². The maximum atomic E-state index is 13.1. The fraction of sp³-hybridized carbons (Fsp3) is 0.160. The van der Waals surface area contributed by atoms with Gasteiger partial charge in [0.05, 0.1) is 24.2 Å². The smallest absolute Gasteiger partial charge is 0.274 e. The molecule has 0 bridgehead atoms. The molecule has 4 aromatic rings. The molecule has 4 rings (SSSR count). The molecule has 0 radical (unpaired) electrons. The molecule has 6 nitrogen and oxygen atoms in total. The second kappa shape index (κ2) is 9.77. The third-order valence-corrected chi connectivity index (χ3v) is 5.46. The van der Waals surface area contributed by atoms with Gasteiger partial charge in [0.2, 0.25) is 0 Å². The Morgan fingerprint density at radius 3 is 2.34 bits per heavy atom. The van der Waals surface area contributed by atoms with E-state index in [1.165, 1.54) is 4.68 Å². The molecule has 0 unspecified atom stereocenters. The lowest BCUT2D eigenvalue weighted by molar-refractivity contribution is 0.0746. The minimum Gasteiger partial charge on any atom is -0.331 e. The molecule has 7 heteroatoms. The van der Waals surface area contributed by atoms with Crippen LogP contribution in [0.25, 0.3) is 10.8 Å². The van der Waals surface area contributed by atoms with Crippen LogP contribution in [0.15, 0.2) is 83.7 Å². The molecule has 0 saturated carbocycles. The van der Waals surface area contributed by atoms with Crippen molar-refractivity contribution in [2.45, 2.75) is 13.1 Å². The van der Waals surface area contributed by atoms with Crippen molar-refractivity contribution in [3.8, 4) is 0 Å². The van der Waals surface area contributed by atoms with Gasteiger partial charge in [-0.3, -0.25) is 9.59 Å². The van der Waals surface area contributed by atoms with E-state index in [9.17, 15) is 9.59 Å². The third kappa shape index (κ3) is 4.72. The molecule has 1 amide bonds. The summed E-state index contributed by atoms with van der Waals surface area (Å²) >= 11 is 6.23. The van der Waals surface area contributed by atoms with E-state index in [4.69, 9.17) is 17.3 Å². The minimum absolute atomic E-state index is 0.145. The zero-order chi connectivity index (χ0) is 22.5. The van der Waals surface area contributed by atoms with Crippen LogP contribution in [0.1, 0.15) is 21.6 Å². The van der Waals surface area contributed by atoms with Gasteiger partial charge in [0.1, 0.15) is 0 Å². The number of amides is 1. The topological polar surface area (TPSA) is 81.2 Å². The summed E-state index contributed by atoms with van der Waals surface area (Å²) < 4.78 is 1.44. The normalized spacial score (nSPS) is 10.9. The van der Waals surface area contributed by atoms with Crippen molar-refractivity contribution in [3.05, 3.63) is 111 Å². The number of rotatable bonds is 7. The van der Waals surface area contributed by atoms with Crippen molar-refractivity contribution in [2.24, 2.45) is 5.73 Å². The van der Waals surface area contributed by atoms with Crippen LogP contribution in [0, 0.1) is 0 Å². The molecule has 0 aliphatic heterocycles. The highest BCUT2D eigenvalue weighted by Crippen LogP contribution is 2.21. The van der Waals surface area contributed by atoms with Gasteiger partial charge in [-0.15, -0.1) is 0 Å². The van der Waals surface area contributed by atoms with Crippen LogP contribution in [0.4, 0.5) is 0 Å². The minimum atomic E-state index is -0.205. The highest BCUT2D eigenvalue weighted by molar-refractivity contribution is 6.31. The molecule has 0 aliphatic carbocycles. The number of hydrogen-bond donors (Lipinski definition) is 1. The van der Waals surface area contributed by atoms with Crippen LogP contribution in [0.2, 0.25) is 5.02 Å². The van der Waals surface area contributed by atoms with Crippen molar-refractivity contribution in [2.75, 3.05) is 13.1 Å². The summed E-state index contributed by atoms with van der Waals surface area (Å²) in [6, 6.07) is 23.8. The van der Waals surface area contributed by atoms with Crippen LogP contribution in [0.3, 0.4) is 0 Å². The highest BCUT2D eigenvalue weighted by atomic mass is 35.5. The first-order chi connectivity index (χ1) is 15.6. The first kappa shape index (κ1) is 21.7. The lowest BCUT2D eigenvalue weighted by Gasteiger charge is -2.23. The zero-order valence-electron chi connectivity index (χ0n) is 17.4. The van der Waals surface area contributed by atoms with Gasteiger partial charge >= 0.3 is 0 Å². The van der Waals surface area contributed by atoms with E-state index in [0.717, 1.165) is 5.56 Å². The Labute approximate surface area is 190 Å². The quantitative estimate of drug-likeness (QED) is 0.469. The van der Waals surface area contributed by atoms with Crippen molar-refractivity contribution in [3.63, 3.8) is 0 Å². The Morgan fingerprint density at radius 1 is 0.969 bits per heavy atom. The molecule has 0 fully saturated rings. The van der Waals surface area contributed by atoms with Gasteiger partial charge in [0.15, 0.2) is 0 Å². The van der Waals surface area contributed by atoms with Gasteiger partial charge in [-0.25, -0.2) is 4.68 Å². The summed E-state index contributed by atoms with van der Waals surface area (Å²) in [5.74, 6) is -0.145. The molecule has 162 valence electrons. The molecule has 0 saturated heterocycles. The SMILES string of the molecule is NCCN(Cc1nn(Cc2ccccc2)c(=O)c2ccc(Cl)cc12)C(=O)c1ccccc1. The number of hydrogen-bond acceptors (Lipinski definition) is 4. The average Bonchev–Trinajstić information content (AvgIpc) is 2.82. The number of carbonyl (C=O) groups excluding carboxylic acids is 1. The number of carbonyl (C=O) groups is 1. The van der Waals surface area contributed by atoms with Gasteiger partial charge in [-0.1, -0.05) is 60.1 Å². The molecule has 0 atom stereocenters. The zero-order valence-corrected chi connectivity index (χ0v) is 18.2. The van der Waals surface area contributed by atoms with Crippen LogP contribution < -0.4 is 11.3 Å². The van der Waals surface area contributed by atoms with E-state index in [1.807, 2.05) is 48.5 Å². The maximum Gasteiger partial charge on any atom is 0.274 e. The number of aromatic nitrogens is 2. The standard InChI is InChI=1S/C25H23ClN4O2/c26-20-11-12-21-22(15-20)23(28-30(25(21)32)16-18-7-3-1-4-8-18)17-29(14-13-27)24(31)19-9-5-2-6-10-19/h1-12,15H,13-14,16-17,27H2. The van der Waals surface area contributed by atoms with Crippen LogP contribution >= 0.6 is 11.6 Å². The highest BCUT2D eigenvalue weighted by Gasteiger charge is 2.19. The van der Waals surface area contributed by atoms with Crippen molar-refractivity contribution in [1.29, 1.82) is 0 Å². The summed E-state index contributed by atoms with van der Waals surface area (Å²) in [4.78, 5) is 27.9. The predicted octanol–water partition coefficient (Wildman–Crippen LogP) is 3.70. The first-order valence-electron chi connectivity index (χ1n) is 10.3. The molecule has 32 heavy (non-hydrogen) atoms. The van der Waals surface area contributed by atoms with Crippen LogP contribution in [-0.2, 0) is 13.1 Å². The fourth-order valence-electron chi connectivity index (χ4n) is 3.66. The van der Waals surface area contributed by atoms with E-state index in [0.29, 0.717) is 46.7 Å². The molecule has 0 spiro atoms. The Morgan fingerprint density at radius 2 is 1.66 bits per heavy atom. The van der Waals surface area contributed by atoms with E-state index in [-0.39, 0.29) is 18.0 Å². The molecule has 1 aromatic heterocycles. The summed E-state index contributed by atoms with van der Waals surface area (Å²) in [6.07, 6.45) is 0. The summed E-state index contributed by atoms with van der Waals surface area (Å²) in [5.41, 5.74) is 7.72. The number of benzene rings is 3. The number of nitrogens with two attached hydrogens (primary N) is 1. The van der Waals surface area contributed by atoms with E-state index < -0.39 is 0 Å². The Balaban J connectivity index is 1.78. The van der Waals surface area contributed by atoms with Crippen LogP contribution in [0.5, 0.6) is 0 Å². The summed E-state index contributed by atoms with van der Waals surface area (Å²) in [7, 11) is 0. The monoisotopic (exact) mass is 446 g/mol. The average molecular weight is 447 g/mol. The summed E-state index contributed by atoms with van der Waals surface area (Å²) in [6.45, 7) is 1.20. The predicted molar refractivity (Wildman–Crippen MR) is 127 cm³/mol. The van der Waals surface area contributed by atoms with Gasteiger partial charge in [-0.2, -0.15) is 5.10 Å². The Hall–Kier alpha value is -3.48. The van der Waals surface area contributed by atoms with Crippen molar-refractivity contribution >= 4 is 28.3 Å². The van der Waals surface area contributed by atoms with Gasteiger partial charge in [-0.05, 0) is 35.9 Å². The molecule has 2 N–H and O–H groups in total. The van der Waals surface area contributed by atoms with Crippen molar-refractivity contribution in [1.82, 2.24) is 14.7 Å². The van der Waals surface area contributed by atoms with Crippen LogP contribution in [-0.4, -0.2) is 33.7 Å². The molecular formula is C25H23ClN4O2. The van der Waals surface area contributed by atoms with Gasteiger partial charge in [0.25, 0.3) is 11.5 Å². The molecule has 1 heterocycles. The van der Waals surface area contributed by atoms with Crippen molar-refractivity contribution < 1.29 is 4.79 Å². The number of nitrogens with zero attached hydrogens (tertiary/aromatic N) is 3. The third-order valence-electron chi connectivity index (χ3n) is 5.22. The van der Waals surface area contributed by atoms with E-state index in [2.05, 4.69) is 5.10 Å². The Bertz CT molecular complexity index is 1290. The second-order valence-corrected chi connectivity index (χ2v) is 7.90. The van der Waals surface area contributed by atoms with E-state index in [1.54, 1.807) is 35.2 Å². The lowest BCUT2D eigenvalue weighted by atomic mass is 10.1. The first-order valence-corrected chi connectivity index (χ1v) is 10.7. The Kier molecular flexibility index (Phi) is 6.63. The molecule has 0 aliphatic rings. The second-order valence-electron chi connectivity index (χ2n) is 7.47. The number of fused-ring (bicyclic) bond motifs is 1. The largest absolute Gasteiger partial charge is 0.331 e. The maximum absolute atomic E-state index is 13.1. The molecule has 3 aromatic carbocycles. The van der Waals surface area contributed by atoms with Gasteiger partial charge < -0.3 is 10.6 Å². The lowest BCUT2D eigenvalue weighted by Crippen LogP contribution is -2.36. The molecular weight excluding hydrogens is 424 g/mol. The summed E-state index contributed by atoms with van der Waals surface area (Å²) in [5, 5.41) is 6.29. The fourth-order valence-corrected chi connectivity index (χ4v) is 3.83. The number of halogens is 1.